The Labute approximate surface area is 116 Å². The summed E-state index contributed by atoms with van der Waals surface area (Å²) in [4.78, 5) is 15.7. The van der Waals surface area contributed by atoms with Gasteiger partial charge in [-0.15, -0.1) is 0 Å². The van der Waals surface area contributed by atoms with Gasteiger partial charge in [-0.2, -0.15) is 0 Å². The number of pyridine rings is 1. The van der Waals surface area contributed by atoms with E-state index in [1.165, 1.54) is 25.3 Å². The molecule has 1 aromatic heterocycles. The van der Waals surface area contributed by atoms with E-state index in [4.69, 9.17) is 0 Å². The first kappa shape index (κ1) is 13.6. The Morgan fingerprint density at radius 1 is 1.26 bits per heavy atom. The van der Waals surface area contributed by atoms with Gasteiger partial charge in [0.25, 0.3) is 5.91 Å². The quantitative estimate of drug-likeness (QED) is 0.855. The van der Waals surface area contributed by atoms with E-state index in [9.17, 15) is 13.6 Å². The molecule has 6 heteroatoms. The largest absolute Gasteiger partial charge is 0.317 e. The lowest BCUT2D eigenvalue weighted by molar-refractivity contribution is 0.102. The Morgan fingerprint density at radius 2 is 2.00 bits per heavy atom. The fourth-order valence-electron chi connectivity index (χ4n) is 1.47. The van der Waals surface area contributed by atoms with Crippen molar-refractivity contribution in [2.45, 2.75) is 6.92 Å². The van der Waals surface area contributed by atoms with Gasteiger partial charge in [-0.1, -0.05) is 6.07 Å². The summed E-state index contributed by atoms with van der Waals surface area (Å²) < 4.78 is 27.8. The van der Waals surface area contributed by atoms with Gasteiger partial charge in [0.15, 0.2) is 5.82 Å². The van der Waals surface area contributed by atoms with Gasteiger partial charge in [-0.3, -0.25) is 4.79 Å². The van der Waals surface area contributed by atoms with Gasteiger partial charge in [0.1, 0.15) is 16.1 Å². The lowest BCUT2D eigenvalue weighted by Gasteiger charge is -2.09. The third kappa shape index (κ3) is 2.96. The minimum absolute atomic E-state index is 0.212. The average molecular weight is 327 g/mol. The number of carbonyl (C=O) groups is 1. The number of benzene rings is 1. The van der Waals surface area contributed by atoms with Gasteiger partial charge in [-0.05, 0) is 46.6 Å². The standard InChI is InChI=1S/C13H9BrF2N2O/c1-7-2-4-9(15)12(11(7)16)18-13(19)8-3-5-10(14)17-6-8/h2-6H,1H3,(H,18,19). The fourth-order valence-corrected chi connectivity index (χ4v) is 1.70. The minimum Gasteiger partial charge on any atom is -0.317 e. The maximum absolute atomic E-state index is 13.7. The van der Waals surface area contributed by atoms with Crippen molar-refractivity contribution in [1.29, 1.82) is 0 Å². The molecule has 2 aromatic rings. The second-order valence-electron chi connectivity index (χ2n) is 3.88. The Morgan fingerprint density at radius 3 is 2.63 bits per heavy atom. The number of aryl methyl sites for hydroxylation is 1. The molecule has 0 radical (unpaired) electrons. The highest BCUT2D eigenvalue weighted by atomic mass is 79.9. The molecule has 19 heavy (non-hydrogen) atoms. The Balaban J connectivity index is 2.29. The molecule has 1 aromatic carbocycles. The molecule has 98 valence electrons. The lowest BCUT2D eigenvalue weighted by Crippen LogP contribution is -2.15. The molecule has 0 spiro atoms. The van der Waals surface area contributed by atoms with Crippen molar-refractivity contribution in [3.63, 3.8) is 0 Å². The molecule has 2 rings (SSSR count). The van der Waals surface area contributed by atoms with E-state index >= 15 is 0 Å². The zero-order valence-electron chi connectivity index (χ0n) is 9.88. The second kappa shape index (κ2) is 5.44. The first-order valence-corrected chi connectivity index (χ1v) is 6.16. The summed E-state index contributed by atoms with van der Waals surface area (Å²) in [5, 5.41) is 2.21. The highest BCUT2D eigenvalue weighted by Gasteiger charge is 2.15. The SMILES string of the molecule is Cc1ccc(F)c(NC(=O)c2ccc(Br)nc2)c1F. The first-order valence-electron chi connectivity index (χ1n) is 5.36. The molecular formula is C13H9BrF2N2O. The van der Waals surface area contributed by atoms with Crippen LogP contribution in [0.1, 0.15) is 15.9 Å². The molecule has 0 aliphatic carbocycles. The van der Waals surface area contributed by atoms with E-state index in [-0.39, 0.29) is 11.1 Å². The third-order valence-corrected chi connectivity index (χ3v) is 2.98. The highest BCUT2D eigenvalue weighted by Crippen LogP contribution is 2.22. The van der Waals surface area contributed by atoms with Crippen LogP contribution in [-0.2, 0) is 0 Å². The first-order chi connectivity index (χ1) is 8.99. The zero-order chi connectivity index (χ0) is 14.0. The van der Waals surface area contributed by atoms with Crippen LogP contribution in [-0.4, -0.2) is 10.9 Å². The average Bonchev–Trinajstić information content (AvgIpc) is 2.40. The summed E-state index contributed by atoms with van der Waals surface area (Å²) in [5.41, 5.74) is 0.0158. The van der Waals surface area contributed by atoms with E-state index in [1.54, 1.807) is 6.07 Å². The monoisotopic (exact) mass is 326 g/mol. The number of halogens is 3. The van der Waals surface area contributed by atoms with Crippen molar-refractivity contribution in [2.75, 3.05) is 5.32 Å². The molecule has 0 atom stereocenters. The van der Waals surface area contributed by atoms with E-state index in [0.29, 0.717) is 4.60 Å². The van der Waals surface area contributed by atoms with E-state index in [1.807, 2.05) is 0 Å². The normalized spacial score (nSPS) is 10.3. The number of aromatic nitrogens is 1. The number of nitrogens with zero attached hydrogens (tertiary/aromatic N) is 1. The topological polar surface area (TPSA) is 42.0 Å². The molecule has 0 unspecified atom stereocenters. The number of carbonyl (C=O) groups excluding carboxylic acids is 1. The summed E-state index contributed by atoms with van der Waals surface area (Å²) >= 11 is 3.13. The summed E-state index contributed by atoms with van der Waals surface area (Å²) in [6.07, 6.45) is 1.31. The van der Waals surface area contributed by atoms with Crippen LogP contribution in [0.4, 0.5) is 14.5 Å². The van der Waals surface area contributed by atoms with E-state index < -0.39 is 23.2 Å². The Kier molecular flexibility index (Phi) is 3.90. The third-order valence-electron chi connectivity index (χ3n) is 2.51. The lowest BCUT2D eigenvalue weighted by atomic mass is 10.2. The molecule has 1 heterocycles. The van der Waals surface area contributed by atoms with Gasteiger partial charge >= 0.3 is 0 Å². The molecule has 1 N–H and O–H groups in total. The number of amides is 1. The minimum atomic E-state index is -0.818. The van der Waals surface area contributed by atoms with Gasteiger partial charge in [0.2, 0.25) is 0 Å². The van der Waals surface area contributed by atoms with Crippen molar-refractivity contribution < 1.29 is 13.6 Å². The summed E-state index contributed by atoms with van der Waals surface area (Å²) in [6.45, 7) is 1.49. The van der Waals surface area contributed by atoms with Gasteiger partial charge < -0.3 is 5.32 Å². The predicted octanol–water partition coefficient (Wildman–Crippen LogP) is 3.68. The molecule has 0 aliphatic heterocycles. The Bertz CT molecular complexity index is 629. The van der Waals surface area contributed by atoms with Crippen LogP contribution in [0.2, 0.25) is 0 Å². The van der Waals surface area contributed by atoms with Gasteiger partial charge in [0.05, 0.1) is 5.56 Å². The highest BCUT2D eigenvalue weighted by molar-refractivity contribution is 9.10. The van der Waals surface area contributed by atoms with E-state index in [2.05, 4.69) is 26.2 Å². The van der Waals surface area contributed by atoms with Crippen LogP contribution >= 0.6 is 15.9 Å². The van der Waals surface area contributed by atoms with Crippen LogP contribution in [0, 0.1) is 18.6 Å². The zero-order valence-corrected chi connectivity index (χ0v) is 11.5. The van der Waals surface area contributed by atoms with Crippen molar-refractivity contribution in [1.82, 2.24) is 4.98 Å². The van der Waals surface area contributed by atoms with Crippen LogP contribution < -0.4 is 5.32 Å². The maximum atomic E-state index is 13.7. The van der Waals surface area contributed by atoms with Gasteiger partial charge in [-0.25, -0.2) is 13.8 Å². The van der Waals surface area contributed by atoms with Gasteiger partial charge in [0, 0.05) is 6.20 Å². The van der Waals surface area contributed by atoms with Crippen LogP contribution in [0.5, 0.6) is 0 Å². The predicted molar refractivity (Wildman–Crippen MR) is 71.0 cm³/mol. The molecule has 3 nitrogen and oxygen atoms in total. The number of anilines is 1. The second-order valence-corrected chi connectivity index (χ2v) is 4.69. The molecule has 0 bridgehead atoms. The number of rotatable bonds is 2. The Hall–Kier alpha value is -1.82. The van der Waals surface area contributed by atoms with E-state index in [0.717, 1.165) is 6.07 Å². The number of hydrogen-bond acceptors (Lipinski definition) is 2. The summed E-state index contributed by atoms with van der Waals surface area (Å²) in [6, 6.07) is 5.48. The van der Waals surface area contributed by atoms with Crippen molar-refractivity contribution in [2.24, 2.45) is 0 Å². The molecule has 1 amide bonds. The smallest absolute Gasteiger partial charge is 0.257 e. The summed E-state index contributed by atoms with van der Waals surface area (Å²) in [5.74, 6) is -2.22. The maximum Gasteiger partial charge on any atom is 0.257 e. The fraction of sp³-hybridized carbons (Fsp3) is 0.0769. The molecule has 0 fully saturated rings. The van der Waals surface area contributed by atoms with Crippen molar-refractivity contribution >= 4 is 27.5 Å². The number of hydrogen-bond donors (Lipinski definition) is 1. The number of nitrogens with one attached hydrogen (secondary N) is 1. The molecule has 0 aliphatic rings. The summed E-state index contributed by atoms with van der Waals surface area (Å²) in [7, 11) is 0. The van der Waals surface area contributed by atoms with Crippen LogP contribution in [0.15, 0.2) is 35.1 Å². The molecule has 0 saturated heterocycles. The van der Waals surface area contributed by atoms with Crippen molar-refractivity contribution in [3.05, 3.63) is 57.8 Å². The van der Waals surface area contributed by atoms with Crippen LogP contribution in [0.3, 0.4) is 0 Å². The molecular weight excluding hydrogens is 318 g/mol. The van der Waals surface area contributed by atoms with Crippen LogP contribution in [0.25, 0.3) is 0 Å². The van der Waals surface area contributed by atoms with Crippen molar-refractivity contribution in [3.8, 4) is 0 Å². The molecule has 0 saturated carbocycles.